The van der Waals surface area contributed by atoms with E-state index in [-0.39, 0.29) is 17.1 Å². The molecule has 3 N–H and O–H groups in total. The van der Waals surface area contributed by atoms with Gasteiger partial charge in [-0.25, -0.2) is 9.59 Å². The number of benzene rings is 2. The van der Waals surface area contributed by atoms with Crippen molar-refractivity contribution in [3.05, 3.63) is 68.6 Å². The molecule has 144 valence electrons. The number of carbonyl (C=O) groups excluding carboxylic acids is 1. The van der Waals surface area contributed by atoms with Crippen molar-refractivity contribution in [3.8, 4) is 0 Å². The molecule has 2 aromatic carbocycles. The molecule has 1 heterocycles. The van der Waals surface area contributed by atoms with Crippen molar-refractivity contribution < 1.29 is 14.1 Å². The first-order chi connectivity index (χ1) is 13.4. The minimum Gasteiger partial charge on any atom is -0.421 e. The summed E-state index contributed by atoms with van der Waals surface area (Å²) in [5, 5.41) is 19.7. The Morgan fingerprint density at radius 2 is 1.89 bits per heavy atom. The minimum absolute atomic E-state index is 0.0169. The standard InChI is InChI=1S/C19H18N4O5/c1-3-20-16-12-6-4-5-7-15(12)28-18(24)17(16)22-19(25)21-13-9-8-11(2)10-14(13)23(26)27/h4-10,20H,3H2,1-2H3,(H2,21,22,25). The molecule has 0 aliphatic heterocycles. The molecule has 0 fully saturated rings. The number of nitrogens with zero attached hydrogens (tertiary/aromatic N) is 1. The molecule has 0 unspecified atom stereocenters. The summed E-state index contributed by atoms with van der Waals surface area (Å²) in [5.41, 5.74) is 0.445. The van der Waals surface area contributed by atoms with Gasteiger partial charge in [0, 0.05) is 18.0 Å². The summed E-state index contributed by atoms with van der Waals surface area (Å²) in [6.45, 7) is 4.07. The van der Waals surface area contributed by atoms with Crippen LogP contribution in [0.5, 0.6) is 0 Å². The Morgan fingerprint density at radius 1 is 1.14 bits per heavy atom. The highest BCUT2D eigenvalue weighted by Crippen LogP contribution is 2.29. The van der Waals surface area contributed by atoms with Crippen molar-refractivity contribution in [3.63, 3.8) is 0 Å². The van der Waals surface area contributed by atoms with E-state index in [1.807, 2.05) is 6.92 Å². The molecular formula is C19H18N4O5. The van der Waals surface area contributed by atoms with Crippen molar-refractivity contribution in [1.82, 2.24) is 0 Å². The van der Waals surface area contributed by atoms with Crippen LogP contribution in [-0.4, -0.2) is 17.5 Å². The first kappa shape index (κ1) is 18.9. The number of aryl methyl sites for hydroxylation is 1. The molecule has 0 atom stereocenters. The number of carbonyl (C=O) groups is 1. The van der Waals surface area contributed by atoms with Gasteiger partial charge in [-0.1, -0.05) is 18.2 Å². The van der Waals surface area contributed by atoms with E-state index in [1.54, 1.807) is 37.3 Å². The number of para-hydroxylation sites is 1. The highest BCUT2D eigenvalue weighted by Gasteiger charge is 2.19. The lowest BCUT2D eigenvalue weighted by Gasteiger charge is -2.14. The third-order valence-corrected chi connectivity index (χ3v) is 4.00. The Labute approximate surface area is 159 Å². The number of fused-ring (bicyclic) bond motifs is 1. The van der Waals surface area contributed by atoms with Crippen LogP contribution in [0.3, 0.4) is 0 Å². The lowest BCUT2D eigenvalue weighted by Crippen LogP contribution is -2.25. The molecule has 0 saturated carbocycles. The molecule has 3 aromatic rings. The number of amides is 2. The zero-order chi connectivity index (χ0) is 20.3. The molecule has 1 aromatic heterocycles. The van der Waals surface area contributed by atoms with Gasteiger partial charge in [-0.2, -0.15) is 0 Å². The van der Waals surface area contributed by atoms with E-state index in [2.05, 4.69) is 16.0 Å². The minimum atomic E-state index is -0.798. The second kappa shape index (κ2) is 7.78. The second-order valence-electron chi connectivity index (χ2n) is 6.02. The van der Waals surface area contributed by atoms with Gasteiger partial charge in [-0.05, 0) is 37.6 Å². The largest absolute Gasteiger partial charge is 0.421 e. The summed E-state index contributed by atoms with van der Waals surface area (Å²) in [5.74, 6) is 0. The van der Waals surface area contributed by atoms with Crippen LogP contribution in [0.2, 0.25) is 0 Å². The Kier molecular flexibility index (Phi) is 5.25. The molecule has 0 aliphatic carbocycles. The second-order valence-corrected chi connectivity index (χ2v) is 6.02. The molecule has 0 bridgehead atoms. The predicted octanol–water partition coefficient (Wildman–Crippen LogP) is 4.09. The zero-order valence-electron chi connectivity index (χ0n) is 15.2. The van der Waals surface area contributed by atoms with Crippen molar-refractivity contribution in [2.75, 3.05) is 22.5 Å². The van der Waals surface area contributed by atoms with Crippen LogP contribution in [0.4, 0.5) is 27.5 Å². The third kappa shape index (κ3) is 3.78. The van der Waals surface area contributed by atoms with Crippen LogP contribution in [0.1, 0.15) is 12.5 Å². The first-order valence-electron chi connectivity index (χ1n) is 8.53. The quantitative estimate of drug-likeness (QED) is 0.347. The van der Waals surface area contributed by atoms with E-state index in [9.17, 15) is 19.7 Å². The van der Waals surface area contributed by atoms with Gasteiger partial charge in [0.25, 0.3) is 5.69 Å². The van der Waals surface area contributed by atoms with Gasteiger partial charge in [0.2, 0.25) is 0 Å². The van der Waals surface area contributed by atoms with E-state index < -0.39 is 16.6 Å². The fourth-order valence-electron chi connectivity index (χ4n) is 2.79. The zero-order valence-corrected chi connectivity index (χ0v) is 15.2. The Morgan fingerprint density at radius 3 is 2.61 bits per heavy atom. The Balaban J connectivity index is 1.96. The normalized spacial score (nSPS) is 10.5. The number of rotatable bonds is 5. The number of nitro benzene ring substituents is 1. The smallest absolute Gasteiger partial charge is 0.362 e. The van der Waals surface area contributed by atoms with Crippen molar-refractivity contribution in [2.24, 2.45) is 0 Å². The Bertz CT molecular complexity index is 1120. The van der Waals surface area contributed by atoms with E-state index in [0.717, 1.165) is 0 Å². The van der Waals surface area contributed by atoms with Crippen LogP contribution >= 0.6 is 0 Å². The van der Waals surface area contributed by atoms with Crippen LogP contribution in [0.15, 0.2) is 51.7 Å². The average molecular weight is 382 g/mol. The molecule has 28 heavy (non-hydrogen) atoms. The highest BCUT2D eigenvalue weighted by atomic mass is 16.6. The highest BCUT2D eigenvalue weighted by molar-refractivity contribution is 6.06. The van der Waals surface area contributed by atoms with Crippen LogP contribution in [0, 0.1) is 17.0 Å². The molecule has 0 aliphatic rings. The van der Waals surface area contributed by atoms with Crippen molar-refractivity contribution in [1.29, 1.82) is 0 Å². The van der Waals surface area contributed by atoms with Crippen LogP contribution in [-0.2, 0) is 0 Å². The van der Waals surface area contributed by atoms with Crippen molar-refractivity contribution in [2.45, 2.75) is 13.8 Å². The molecule has 9 heteroatoms. The molecule has 9 nitrogen and oxygen atoms in total. The predicted molar refractivity (Wildman–Crippen MR) is 107 cm³/mol. The van der Waals surface area contributed by atoms with E-state index in [1.165, 1.54) is 12.1 Å². The van der Waals surface area contributed by atoms with E-state index in [0.29, 0.717) is 28.8 Å². The van der Waals surface area contributed by atoms with Gasteiger partial charge in [0.05, 0.1) is 10.6 Å². The lowest BCUT2D eigenvalue weighted by molar-refractivity contribution is -0.384. The van der Waals surface area contributed by atoms with E-state index in [4.69, 9.17) is 4.42 Å². The fourth-order valence-corrected chi connectivity index (χ4v) is 2.79. The fraction of sp³-hybridized carbons (Fsp3) is 0.158. The Hall–Kier alpha value is -3.88. The summed E-state index contributed by atoms with van der Waals surface area (Å²) < 4.78 is 5.26. The molecule has 2 amide bonds. The number of nitrogens with one attached hydrogen (secondary N) is 3. The van der Waals surface area contributed by atoms with Crippen molar-refractivity contribution >= 4 is 39.7 Å². The summed E-state index contributed by atoms with van der Waals surface area (Å²) in [4.78, 5) is 35.4. The molecule has 0 spiro atoms. The first-order valence-corrected chi connectivity index (χ1v) is 8.53. The third-order valence-electron chi connectivity index (χ3n) is 4.00. The average Bonchev–Trinajstić information content (AvgIpc) is 2.66. The van der Waals surface area contributed by atoms with Gasteiger partial charge in [-0.3, -0.25) is 15.4 Å². The number of anilines is 3. The number of urea groups is 1. The monoisotopic (exact) mass is 382 g/mol. The number of hydrogen-bond acceptors (Lipinski definition) is 6. The maximum atomic E-state index is 12.4. The lowest BCUT2D eigenvalue weighted by atomic mass is 10.2. The van der Waals surface area contributed by atoms with E-state index >= 15 is 0 Å². The van der Waals surface area contributed by atoms with Gasteiger partial charge >= 0.3 is 11.7 Å². The summed E-state index contributed by atoms with van der Waals surface area (Å²) in [6, 6.07) is 10.5. The topological polar surface area (TPSA) is 127 Å². The molecule has 0 radical (unpaired) electrons. The maximum absolute atomic E-state index is 12.4. The summed E-state index contributed by atoms with van der Waals surface area (Å²) in [6.07, 6.45) is 0. The van der Waals surface area contributed by atoms with Gasteiger partial charge < -0.3 is 15.1 Å². The molecule has 0 saturated heterocycles. The van der Waals surface area contributed by atoms with Crippen LogP contribution < -0.4 is 21.6 Å². The number of hydrogen-bond donors (Lipinski definition) is 3. The number of nitro groups is 1. The SMILES string of the molecule is CCNc1c(NC(=O)Nc2ccc(C)cc2[N+](=O)[O-])c(=O)oc2ccccc12. The summed E-state index contributed by atoms with van der Waals surface area (Å²) in [7, 11) is 0. The van der Waals surface area contributed by atoms with Gasteiger partial charge in [-0.15, -0.1) is 0 Å². The van der Waals surface area contributed by atoms with Gasteiger partial charge in [0.15, 0.2) is 5.69 Å². The maximum Gasteiger partial charge on any atom is 0.362 e. The summed E-state index contributed by atoms with van der Waals surface area (Å²) >= 11 is 0. The molecule has 3 rings (SSSR count). The van der Waals surface area contributed by atoms with Gasteiger partial charge in [0.1, 0.15) is 11.3 Å². The molecular weight excluding hydrogens is 364 g/mol. The van der Waals surface area contributed by atoms with Crippen LogP contribution in [0.25, 0.3) is 11.0 Å².